The average Bonchev–Trinajstić information content (AvgIpc) is 2.74. The highest BCUT2D eigenvalue weighted by Crippen LogP contribution is 2.21. The van der Waals surface area contributed by atoms with Gasteiger partial charge < -0.3 is 10.8 Å². The number of carbonyl (C=O) groups is 2. The molecule has 4 N–H and O–H groups in total. The van der Waals surface area contributed by atoms with Gasteiger partial charge in [0.25, 0.3) is 11.8 Å². The fraction of sp³-hybridized carbons (Fsp3) is 0. The van der Waals surface area contributed by atoms with Gasteiger partial charge in [0, 0.05) is 5.69 Å². The van der Waals surface area contributed by atoms with Gasteiger partial charge in [-0.25, -0.2) is 0 Å². The number of aliphatic hydroxyl groups excluding tert-OH is 1. The highest BCUT2D eigenvalue weighted by atomic mass is 16.3. The van der Waals surface area contributed by atoms with E-state index >= 15 is 0 Å². The minimum absolute atomic E-state index is 0.0376. The van der Waals surface area contributed by atoms with Crippen molar-refractivity contribution in [1.82, 2.24) is 5.32 Å². The van der Waals surface area contributed by atoms with E-state index in [1.54, 1.807) is 30.3 Å². The largest absolute Gasteiger partial charge is 0.502 e. The van der Waals surface area contributed by atoms with Crippen LogP contribution >= 0.6 is 0 Å². The third-order valence-electron chi connectivity index (χ3n) is 2.77. The van der Waals surface area contributed by atoms with Crippen LogP contribution in [0.15, 0.2) is 66.4 Å². The number of anilines is 1. The van der Waals surface area contributed by atoms with E-state index in [4.69, 9.17) is 5.73 Å². The van der Waals surface area contributed by atoms with Crippen LogP contribution in [0.5, 0.6) is 0 Å². The van der Waals surface area contributed by atoms with Crippen LogP contribution in [0.2, 0.25) is 0 Å². The molecule has 2 aromatic carbocycles. The summed E-state index contributed by atoms with van der Waals surface area (Å²) in [6, 6.07) is 18.0. The second kappa shape index (κ2) is 6.38. The van der Waals surface area contributed by atoms with E-state index < -0.39 is 17.6 Å². The van der Waals surface area contributed by atoms with E-state index in [-0.39, 0.29) is 5.57 Å². The highest BCUT2D eigenvalue weighted by Gasteiger charge is 2.30. The summed E-state index contributed by atoms with van der Waals surface area (Å²) < 4.78 is 0. The molecular weight excluding hydrogens is 268 g/mol. The monoisotopic (exact) mass is 282 g/mol. The van der Waals surface area contributed by atoms with Crippen molar-refractivity contribution in [3.63, 3.8) is 0 Å². The predicted octanol–water partition coefficient (Wildman–Crippen LogP) is 1.88. The molecule has 1 aliphatic heterocycles. The Morgan fingerprint density at radius 2 is 1.33 bits per heavy atom. The molecule has 5 heteroatoms. The molecule has 0 aliphatic carbocycles. The number of nitrogens with one attached hydrogen (secondary N) is 1. The second-order valence-corrected chi connectivity index (χ2v) is 4.28. The van der Waals surface area contributed by atoms with Crippen LogP contribution in [-0.2, 0) is 9.59 Å². The smallest absolute Gasteiger partial charge is 0.293 e. The van der Waals surface area contributed by atoms with Gasteiger partial charge in [-0.15, -0.1) is 0 Å². The summed E-state index contributed by atoms with van der Waals surface area (Å²) in [5.41, 5.74) is 6.75. The zero-order valence-electron chi connectivity index (χ0n) is 11.1. The van der Waals surface area contributed by atoms with E-state index in [0.29, 0.717) is 5.56 Å². The van der Waals surface area contributed by atoms with Crippen molar-refractivity contribution in [2.45, 2.75) is 0 Å². The molecule has 0 bridgehead atoms. The molecule has 106 valence electrons. The third kappa shape index (κ3) is 3.48. The molecule has 0 unspecified atom stereocenters. The molecule has 1 heterocycles. The van der Waals surface area contributed by atoms with Crippen LogP contribution in [0.1, 0.15) is 5.56 Å². The molecule has 0 atom stereocenters. The number of hydrogen-bond donors (Lipinski definition) is 3. The van der Waals surface area contributed by atoms with E-state index in [1.807, 2.05) is 35.6 Å². The molecule has 0 fully saturated rings. The number of hydrogen-bond acceptors (Lipinski definition) is 4. The lowest BCUT2D eigenvalue weighted by molar-refractivity contribution is -0.124. The zero-order chi connectivity index (χ0) is 15.2. The maximum atomic E-state index is 11.2. The maximum absolute atomic E-state index is 11.2. The third-order valence-corrected chi connectivity index (χ3v) is 2.77. The molecule has 3 rings (SSSR count). The van der Waals surface area contributed by atoms with Crippen LogP contribution in [0.25, 0.3) is 5.57 Å². The summed E-state index contributed by atoms with van der Waals surface area (Å²) in [6.45, 7) is 0. The summed E-state index contributed by atoms with van der Waals surface area (Å²) >= 11 is 0. The number of amides is 2. The number of imide groups is 1. The molecule has 5 nitrogen and oxygen atoms in total. The fourth-order valence-corrected chi connectivity index (χ4v) is 1.77. The molecule has 0 spiro atoms. The van der Waals surface area contributed by atoms with Crippen molar-refractivity contribution in [2.75, 3.05) is 5.73 Å². The first-order valence-corrected chi connectivity index (χ1v) is 6.24. The van der Waals surface area contributed by atoms with Gasteiger partial charge in [0.1, 0.15) is 0 Å². The summed E-state index contributed by atoms with van der Waals surface area (Å²) in [7, 11) is 0. The van der Waals surface area contributed by atoms with E-state index in [9.17, 15) is 14.7 Å². The second-order valence-electron chi connectivity index (χ2n) is 4.28. The number of nitrogen functional groups attached to an aromatic ring is 1. The summed E-state index contributed by atoms with van der Waals surface area (Å²) in [5.74, 6) is -1.81. The van der Waals surface area contributed by atoms with Crippen LogP contribution in [0, 0.1) is 0 Å². The number of carbonyl (C=O) groups excluding carboxylic acids is 2. The average molecular weight is 282 g/mol. The fourth-order valence-electron chi connectivity index (χ4n) is 1.77. The highest BCUT2D eigenvalue weighted by molar-refractivity contribution is 6.35. The molecule has 0 radical (unpaired) electrons. The first kappa shape index (κ1) is 14.3. The molecule has 0 saturated carbocycles. The SMILES string of the molecule is Nc1ccccc1.O=C1NC(=O)C(c2ccccc2)=C1O. The molecule has 21 heavy (non-hydrogen) atoms. The first-order valence-electron chi connectivity index (χ1n) is 6.24. The number of para-hydroxylation sites is 1. The van der Waals surface area contributed by atoms with Crippen molar-refractivity contribution >= 4 is 23.1 Å². The number of nitrogens with two attached hydrogens (primary N) is 1. The van der Waals surface area contributed by atoms with Crippen LogP contribution in [0.3, 0.4) is 0 Å². The summed E-state index contributed by atoms with van der Waals surface area (Å²) in [6.07, 6.45) is 0. The van der Waals surface area contributed by atoms with Gasteiger partial charge in [0.2, 0.25) is 0 Å². The Morgan fingerprint density at radius 3 is 1.71 bits per heavy atom. The Labute approximate surface area is 121 Å². The molecule has 0 saturated heterocycles. The Morgan fingerprint density at radius 1 is 0.810 bits per heavy atom. The van der Waals surface area contributed by atoms with Crippen molar-refractivity contribution in [2.24, 2.45) is 0 Å². The van der Waals surface area contributed by atoms with Crippen LogP contribution in [0.4, 0.5) is 5.69 Å². The van der Waals surface area contributed by atoms with Crippen LogP contribution in [-0.4, -0.2) is 16.9 Å². The first-order chi connectivity index (χ1) is 10.1. The van der Waals surface area contributed by atoms with Crippen molar-refractivity contribution in [1.29, 1.82) is 0 Å². The lowest BCUT2D eigenvalue weighted by Gasteiger charge is -1.98. The van der Waals surface area contributed by atoms with Gasteiger partial charge in [0.05, 0.1) is 5.57 Å². The Balaban J connectivity index is 0.000000194. The topological polar surface area (TPSA) is 92.4 Å². The minimum atomic E-state index is -0.742. The number of rotatable bonds is 1. The number of aliphatic hydroxyl groups is 1. The lowest BCUT2D eigenvalue weighted by Crippen LogP contribution is -2.22. The van der Waals surface area contributed by atoms with Crippen molar-refractivity contribution < 1.29 is 14.7 Å². The molecular formula is C16H14N2O3. The van der Waals surface area contributed by atoms with Gasteiger partial charge in [-0.3, -0.25) is 14.9 Å². The molecule has 2 amide bonds. The van der Waals surface area contributed by atoms with E-state index in [0.717, 1.165) is 5.69 Å². The Kier molecular flexibility index (Phi) is 4.36. The quantitative estimate of drug-likeness (QED) is 0.550. The van der Waals surface area contributed by atoms with E-state index in [2.05, 4.69) is 0 Å². The maximum Gasteiger partial charge on any atom is 0.293 e. The number of benzene rings is 2. The molecule has 1 aliphatic rings. The predicted molar refractivity (Wildman–Crippen MR) is 80.0 cm³/mol. The van der Waals surface area contributed by atoms with Gasteiger partial charge in [-0.05, 0) is 17.7 Å². The Bertz CT molecular complexity index is 679. The van der Waals surface area contributed by atoms with Gasteiger partial charge in [0.15, 0.2) is 5.76 Å². The van der Waals surface area contributed by atoms with E-state index in [1.165, 1.54) is 0 Å². The molecule has 2 aromatic rings. The molecule has 0 aromatic heterocycles. The standard InChI is InChI=1S/C10H7NO3.C6H7N/c12-8-7(9(13)11-10(8)14)6-4-2-1-3-5-6;7-6-4-2-1-3-5-6/h1-5H,(H2,11,12,13,14);1-5H,7H2. The van der Waals surface area contributed by atoms with Crippen molar-refractivity contribution in [3.8, 4) is 0 Å². The minimum Gasteiger partial charge on any atom is -0.502 e. The van der Waals surface area contributed by atoms with Crippen molar-refractivity contribution in [3.05, 3.63) is 72.0 Å². The van der Waals surface area contributed by atoms with Gasteiger partial charge >= 0.3 is 0 Å². The van der Waals surface area contributed by atoms with Gasteiger partial charge in [-0.2, -0.15) is 0 Å². The van der Waals surface area contributed by atoms with Crippen LogP contribution < -0.4 is 11.1 Å². The zero-order valence-corrected chi connectivity index (χ0v) is 11.1. The Hall–Kier alpha value is -3.08. The summed E-state index contributed by atoms with van der Waals surface area (Å²) in [4.78, 5) is 22.2. The van der Waals surface area contributed by atoms with Gasteiger partial charge in [-0.1, -0.05) is 48.5 Å². The normalized spacial score (nSPS) is 13.5. The lowest BCUT2D eigenvalue weighted by atomic mass is 10.1. The summed E-state index contributed by atoms with van der Waals surface area (Å²) in [5, 5.41) is 11.3.